The van der Waals surface area contributed by atoms with Crippen molar-refractivity contribution in [2.24, 2.45) is 0 Å². The van der Waals surface area contributed by atoms with Crippen molar-refractivity contribution in [3.05, 3.63) is 57.8 Å². The van der Waals surface area contributed by atoms with E-state index in [-0.39, 0.29) is 28.7 Å². The highest BCUT2D eigenvalue weighted by molar-refractivity contribution is 7.89. The molecule has 0 bridgehead atoms. The van der Waals surface area contributed by atoms with Gasteiger partial charge in [0.15, 0.2) is 6.10 Å². The molecule has 0 heterocycles. The van der Waals surface area contributed by atoms with E-state index in [2.05, 4.69) is 5.32 Å². The number of halogens is 3. The first-order valence-electron chi connectivity index (χ1n) is 9.27. The molecule has 0 spiro atoms. The molecule has 11 heteroatoms. The summed E-state index contributed by atoms with van der Waals surface area (Å²) in [6.07, 6.45) is -1.32. The van der Waals surface area contributed by atoms with E-state index in [1.807, 2.05) is 0 Å². The highest BCUT2D eigenvalue weighted by Crippen LogP contribution is 2.26. The first kappa shape index (κ1) is 25.1. The van der Waals surface area contributed by atoms with Gasteiger partial charge in [0, 0.05) is 18.1 Å². The summed E-state index contributed by atoms with van der Waals surface area (Å²) in [6, 6.07) is 7.23. The van der Waals surface area contributed by atoms with Gasteiger partial charge in [-0.2, -0.15) is 4.31 Å². The van der Waals surface area contributed by atoms with E-state index in [0.717, 1.165) is 18.2 Å². The third kappa shape index (κ3) is 5.94. The van der Waals surface area contributed by atoms with Gasteiger partial charge >= 0.3 is 5.97 Å². The van der Waals surface area contributed by atoms with E-state index < -0.39 is 39.4 Å². The summed E-state index contributed by atoms with van der Waals surface area (Å²) in [4.78, 5) is 24.5. The molecule has 1 atom stereocenters. The average molecular weight is 491 g/mol. The zero-order chi connectivity index (χ0) is 23.3. The Hall–Kier alpha value is -2.20. The van der Waals surface area contributed by atoms with Gasteiger partial charge in [-0.25, -0.2) is 17.6 Å². The largest absolute Gasteiger partial charge is 0.449 e. The van der Waals surface area contributed by atoms with Crippen LogP contribution in [0.15, 0.2) is 41.3 Å². The molecule has 168 valence electrons. The van der Waals surface area contributed by atoms with E-state index in [1.165, 1.54) is 29.4 Å². The third-order valence-corrected chi connectivity index (χ3v) is 6.94. The van der Waals surface area contributed by atoms with Crippen LogP contribution in [-0.4, -0.2) is 43.8 Å². The Labute approximate surface area is 190 Å². The number of hydrogen-bond donors (Lipinski definition) is 1. The predicted molar refractivity (Wildman–Crippen MR) is 116 cm³/mol. The molecule has 0 aliphatic heterocycles. The monoisotopic (exact) mass is 490 g/mol. The van der Waals surface area contributed by atoms with Crippen LogP contribution in [0.4, 0.5) is 10.1 Å². The predicted octanol–water partition coefficient (Wildman–Crippen LogP) is 4.35. The molecule has 0 saturated heterocycles. The molecular formula is C20H21Cl2FN2O5S. The van der Waals surface area contributed by atoms with Crippen LogP contribution in [0, 0.1) is 5.82 Å². The van der Waals surface area contributed by atoms with E-state index in [4.69, 9.17) is 27.9 Å². The summed E-state index contributed by atoms with van der Waals surface area (Å²) in [7, 11) is -3.91. The van der Waals surface area contributed by atoms with Crippen molar-refractivity contribution in [3.63, 3.8) is 0 Å². The number of amides is 1. The fraction of sp³-hybridized carbons (Fsp3) is 0.300. The Morgan fingerprint density at radius 1 is 1.13 bits per heavy atom. The van der Waals surface area contributed by atoms with E-state index in [1.54, 1.807) is 13.8 Å². The molecule has 0 fully saturated rings. The number of carbonyl (C=O) groups excluding carboxylic acids is 2. The standard InChI is InChI=1S/C20H21Cl2FN2O5S/c1-4-25(5-2)31(28,29)14-7-8-17(23)15(11-14)20(27)30-12(3)19(26)24-18-9-6-13(21)10-16(18)22/h6-12H,4-5H2,1-3H3,(H,24,26). The van der Waals surface area contributed by atoms with Crippen LogP contribution in [0.25, 0.3) is 0 Å². The summed E-state index contributed by atoms with van der Waals surface area (Å²) < 4.78 is 45.7. The summed E-state index contributed by atoms with van der Waals surface area (Å²) >= 11 is 11.8. The van der Waals surface area contributed by atoms with Crippen molar-refractivity contribution in [3.8, 4) is 0 Å². The van der Waals surface area contributed by atoms with Crippen LogP contribution in [0.2, 0.25) is 10.0 Å². The SMILES string of the molecule is CCN(CC)S(=O)(=O)c1ccc(F)c(C(=O)OC(C)C(=O)Nc2ccc(Cl)cc2Cl)c1. The van der Waals surface area contributed by atoms with Crippen LogP contribution in [-0.2, 0) is 19.6 Å². The zero-order valence-corrected chi connectivity index (χ0v) is 19.3. The number of hydrogen-bond acceptors (Lipinski definition) is 5. The summed E-state index contributed by atoms with van der Waals surface area (Å²) in [5.74, 6) is -2.87. The second-order valence-corrected chi connectivity index (χ2v) is 9.17. The summed E-state index contributed by atoms with van der Waals surface area (Å²) in [5.41, 5.74) is -0.352. The summed E-state index contributed by atoms with van der Waals surface area (Å²) in [6.45, 7) is 5.02. The smallest absolute Gasteiger partial charge is 0.341 e. The van der Waals surface area contributed by atoms with Crippen molar-refractivity contribution in [1.82, 2.24) is 4.31 Å². The van der Waals surface area contributed by atoms with Gasteiger partial charge in [-0.1, -0.05) is 37.0 Å². The second-order valence-electron chi connectivity index (χ2n) is 6.39. The van der Waals surface area contributed by atoms with Gasteiger partial charge in [0.05, 0.1) is 21.2 Å². The second kappa shape index (κ2) is 10.4. The first-order valence-corrected chi connectivity index (χ1v) is 11.5. The Kier molecular flexibility index (Phi) is 8.41. The number of nitrogens with one attached hydrogen (secondary N) is 1. The molecular weight excluding hydrogens is 470 g/mol. The minimum absolute atomic E-state index is 0.180. The highest BCUT2D eigenvalue weighted by atomic mass is 35.5. The van der Waals surface area contributed by atoms with Crippen LogP contribution >= 0.6 is 23.2 Å². The van der Waals surface area contributed by atoms with Gasteiger partial charge in [0.25, 0.3) is 5.91 Å². The van der Waals surface area contributed by atoms with Gasteiger partial charge in [-0.15, -0.1) is 0 Å². The van der Waals surface area contributed by atoms with Gasteiger partial charge in [-0.05, 0) is 43.3 Å². The molecule has 2 aromatic rings. The van der Waals surface area contributed by atoms with Crippen LogP contribution in [0.5, 0.6) is 0 Å². The molecule has 0 saturated carbocycles. The van der Waals surface area contributed by atoms with Crippen molar-refractivity contribution < 1.29 is 27.1 Å². The Morgan fingerprint density at radius 2 is 1.77 bits per heavy atom. The van der Waals surface area contributed by atoms with Gasteiger partial charge in [-0.3, -0.25) is 4.79 Å². The number of rotatable bonds is 8. The van der Waals surface area contributed by atoms with Crippen molar-refractivity contribution >= 4 is 50.8 Å². The van der Waals surface area contributed by atoms with Gasteiger partial charge in [0.2, 0.25) is 10.0 Å². The lowest BCUT2D eigenvalue weighted by Crippen LogP contribution is -2.31. The normalized spacial score (nSPS) is 12.5. The fourth-order valence-corrected chi connectivity index (χ4v) is 4.58. The van der Waals surface area contributed by atoms with Crippen LogP contribution in [0.3, 0.4) is 0 Å². The maximum absolute atomic E-state index is 14.2. The van der Waals surface area contributed by atoms with Crippen molar-refractivity contribution in [2.75, 3.05) is 18.4 Å². The van der Waals surface area contributed by atoms with Crippen molar-refractivity contribution in [1.29, 1.82) is 0 Å². The Balaban J connectivity index is 2.20. The van der Waals surface area contributed by atoms with Gasteiger partial charge < -0.3 is 10.1 Å². The number of anilines is 1. The molecule has 0 radical (unpaired) electrons. The van der Waals surface area contributed by atoms with Crippen LogP contribution < -0.4 is 5.32 Å². The molecule has 7 nitrogen and oxygen atoms in total. The maximum atomic E-state index is 14.2. The molecule has 0 aromatic heterocycles. The molecule has 31 heavy (non-hydrogen) atoms. The van der Waals surface area contributed by atoms with E-state index >= 15 is 0 Å². The number of carbonyl (C=O) groups is 2. The lowest BCUT2D eigenvalue weighted by Gasteiger charge is -2.19. The fourth-order valence-electron chi connectivity index (χ4n) is 2.64. The summed E-state index contributed by atoms with van der Waals surface area (Å²) in [5, 5.41) is 3.02. The minimum Gasteiger partial charge on any atom is -0.449 e. The van der Waals surface area contributed by atoms with Crippen LogP contribution in [0.1, 0.15) is 31.1 Å². The zero-order valence-electron chi connectivity index (χ0n) is 17.0. The molecule has 1 amide bonds. The first-order chi connectivity index (χ1) is 14.5. The molecule has 1 N–H and O–H groups in total. The highest BCUT2D eigenvalue weighted by Gasteiger charge is 2.26. The average Bonchev–Trinajstić information content (AvgIpc) is 2.70. The van der Waals surface area contributed by atoms with Gasteiger partial charge in [0.1, 0.15) is 5.82 Å². The number of ether oxygens (including phenoxy) is 1. The lowest BCUT2D eigenvalue weighted by atomic mass is 10.2. The number of esters is 1. The Bertz CT molecular complexity index is 1090. The molecule has 2 aromatic carbocycles. The quantitative estimate of drug-likeness (QED) is 0.555. The van der Waals surface area contributed by atoms with E-state index in [0.29, 0.717) is 5.02 Å². The number of benzene rings is 2. The number of nitrogens with zero attached hydrogens (tertiary/aromatic N) is 1. The topological polar surface area (TPSA) is 92.8 Å². The molecule has 1 unspecified atom stereocenters. The third-order valence-electron chi connectivity index (χ3n) is 4.34. The molecule has 0 aliphatic rings. The number of sulfonamides is 1. The maximum Gasteiger partial charge on any atom is 0.341 e. The lowest BCUT2D eigenvalue weighted by molar-refractivity contribution is -0.123. The Morgan fingerprint density at radius 3 is 2.35 bits per heavy atom. The molecule has 2 rings (SSSR count). The van der Waals surface area contributed by atoms with E-state index in [9.17, 15) is 22.4 Å². The minimum atomic E-state index is -3.91. The molecule has 0 aliphatic carbocycles. The van der Waals surface area contributed by atoms with Crippen molar-refractivity contribution in [2.45, 2.75) is 31.8 Å².